The molecule has 0 unspecified atom stereocenters. The van der Waals surface area contributed by atoms with Crippen molar-refractivity contribution in [2.75, 3.05) is 5.32 Å². The van der Waals surface area contributed by atoms with Gasteiger partial charge in [0.05, 0.1) is 5.69 Å². The molecule has 0 atom stereocenters. The summed E-state index contributed by atoms with van der Waals surface area (Å²) in [6, 6.07) is 1.48. The number of anilines is 1. The van der Waals surface area contributed by atoms with Gasteiger partial charge in [0.15, 0.2) is 17.5 Å². The summed E-state index contributed by atoms with van der Waals surface area (Å²) in [5.74, 6) is -6.90. The Hall–Kier alpha value is -2.05. The number of aliphatic carboxylic acids is 1. The highest BCUT2D eigenvalue weighted by atomic mass is 19.2. The topological polar surface area (TPSA) is 66.4 Å². The van der Waals surface area contributed by atoms with Gasteiger partial charge in [-0.2, -0.15) is 0 Å². The number of benzene rings is 1. The fourth-order valence-electron chi connectivity index (χ4n) is 1.53. The molecule has 7 heteroatoms. The zero-order valence-electron chi connectivity index (χ0n) is 8.97. The van der Waals surface area contributed by atoms with E-state index in [0.29, 0.717) is 6.07 Å². The van der Waals surface area contributed by atoms with E-state index >= 15 is 0 Å². The molecule has 1 amide bonds. The fourth-order valence-corrected chi connectivity index (χ4v) is 1.53. The third kappa shape index (κ3) is 1.81. The van der Waals surface area contributed by atoms with Gasteiger partial charge in [-0.15, -0.1) is 0 Å². The predicted octanol–water partition coefficient (Wildman–Crippen LogP) is 1.91. The molecule has 18 heavy (non-hydrogen) atoms. The Morgan fingerprint density at radius 3 is 2.28 bits per heavy atom. The molecule has 4 nitrogen and oxygen atoms in total. The third-order valence-electron chi connectivity index (χ3n) is 2.88. The Morgan fingerprint density at radius 1 is 1.17 bits per heavy atom. The van der Waals surface area contributed by atoms with E-state index < -0.39 is 40.4 Å². The molecule has 0 aromatic heterocycles. The Kier molecular flexibility index (Phi) is 2.76. The molecule has 0 saturated heterocycles. The monoisotopic (exact) mass is 259 g/mol. The van der Waals surface area contributed by atoms with E-state index in [1.807, 2.05) is 5.32 Å². The summed E-state index contributed by atoms with van der Waals surface area (Å²) in [7, 11) is 0. The summed E-state index contributed by atoms with van der Waals surface area (Å²) in [5, 5.41) is 10.8. The van der Waals surface area contributed by atoms with Crippen molar-refractivity contribution in [2.24, 2.45) is 5.41 Å². The van der Waals surface area contributed by atoms with Crippen molar-refractivity contribution < 1.29 is 27.9 Å². The third-order valence-corrected chi connectivity index (χ3v) is 2.88. The summed E-state index contributed by atoms with van der Waals surface area (Å²) in [4.78, 5) is 22.4. The van der Waals surface area contributed by atoms with Gasteiger partial charge in [0, 0.05) is 0 Å². The van der Waals surface area contributed by atoms with Gasteiger partial charge in [-0.05, 0) is 25.0 Å². The van der Waals surface area contributed by atoms with Crippen molar-refractivity contribution in [2.45, 2.75) is 12.8 Å². The molecule has 0 bridgehead atoms. The average Bonchev–Trinajstić information content (AvgIpc) is 3.11. The van der Waals surface area contributed by atoms with Crippen LogP contribution in [0.4, 0.5) is 18.9 Å². The van der Waals surface area contributed by atoms with E-state index in [0.717, 1.165) is 6.07 Å². The van der Waals surface area contributed by atoms with Crippen molar-refractivity contribution in [3.05, 3.63) is 29.6 Å². The second-order valence-electron chi connectivity index (χ2n) is 4.06. The smallest absolute Gasteiger partial charge is 0.319 e. The highest BCUT2D eigenvalue weighted by Gasteiger charge is 2.57. The van der Waals surface area contributed by atoms with Crippen LogP contribution >= 0.6 is 0 Å². The van der Waals surface area contributed by atoms with Gasteiger partial charge < -0.3 is 10.4 Å². The summed E-state index contributed by atoms with van der Waals surface area (Å²) >= 11 is 0. The maximum Gasteiger partial charge on any atom is 0.319 e. The number of nitrogens with one attached hydrogen (secondary N) is 1. The number of amides is 1. The molecule has 1 aliphatic carbocycles. The lowest BCUT2D eigenvalue weighted by Crippen LogP contribution is -2.31. The Balaban J connectivity index is 2.23. The summed E-state index contributed by atoms with van der Waals surface area (Å²) in [6.07, 6.45) is 0.277. The van der Waals surface area contributed by atoms with Crippen LogP contribution in [-0.2, 0) is 9.59 Å². The van der Waals surface area contributed by atoms with Crippen LogP contribution in [0.2, 0.25) is 0 Å². The van der Waals surface area contributed by atoms with Crippen LogP contribution < -0.4 is 5.32 Å². The zero-order chi connectivity index (χ0) is 13.5. The number of carboxylic acids is 1. The van der Waals surface area contributed by atoms with Crippen LogP contribution in [0.3, 0.4) is 0 Å². The minimum Gasteiger partial charge on any atom is -0.480 e. The van der Waals surface area contributed by atoms with Gasteiger partial charge in [0.25, 0.3) is 0 Å². The molecule has 2 N–H and O–H groups in total. The van der Waals surface area contributed by atoms with Crippen LogP contribution in [0.25, 0.3) is 0 Å². The number of halogens is 3. The summed E-state index contributed by atoms with van der Waals surface area (Å²) in [6.45, 7) is 0. The first-order chi connectivity index (χ1) is 8.38. The SMILES string of the molecule is O=C(O)C1(C(=O)Nc2ccc(F)c(F)c2F)CC1. The van der Waals surface area contributed by atoms with Gasteiger partial charge in [-0.25, -0.2) is 13.2 Å². The maximum atomic E-state index is 13.3. The molecule has 96 valence electrons. The molecule has 1 aliphatic rings. The number of carbonyl (C=O) groups excluding carboxylic acids is 1. The minimum atomic E-state index is -1.71. The Bertz CT molecular complexity index is 541. The molecule has 0 spiro atoms. The van der Waals surface area contributed by atoms with Crippen LogP contribution in [0.5, 0.6) is 0 Å². The molecule has 1 aromatic carbocycles. The molecule has 0 heterocycles. The number of rotatable bonds is 3. The van der Waals surface area contributed by atoms with Crippen molar-refractivity contribution in [1.82, 2.24) is 0 Å². The lowest BCUT2D eigenvalue weighted by Gasteiger charge is -2.11. The van der Waals surface area contributed by atoms with E-state index in [4.69, 9.17) is 5.11 Å². The molecule has 1 fully saturated rings. The maximum absolute atomic E-state index is 13.3. The quantitative estimate of drug-likeness (QED) is 0.643. The molecule has 0 radical (unpaired) electrons. The van der Waals surface area contributed by atoms with Gasteiger partial charge in [-0.3, -0.25) is 9.59 Å². The number of carbonyl (C=O) groups is 2. The average molecular weight is 259 g/mol. The molecular formula is C11H8F3NO3. The lowest BCUT2D eigenvalue weighted by atomic mass is 10.1. The van der Waals surface area contributed by atoms with Gasteiger partial charge in [0.2, 0.25) is 5.91 Å². The van der Waals surface area contributed by atoms with E-state index in [-0.39, 0.29) is 12.8 Å². The predicted molar refractivity (Wildman–Crippen MR) is 54.2 cm³/mol. The van der Waals surface area contributed by atoms with Crippen molar-refractivity contribution in [3.63, 3.8) is 0 Å². The second kappa shape index (κ2) is 4.01. The number of hydrogen-bond acceptors (Lipinski definition) is 2. The van der Waals surface area contributed by atoms with E-state index in [2.05, 4.69) is 0 Å². The number of carboxylic acid groups (broad SMARTS) is 1. The molecule has 2 rings (SSSR count). The van der Waals surface area contributed by atoms with Gasteiger partial charge in [0.1, 0.15) is 5.41 Å². The van der Waals surface area contributed by atoms with Crippen LogP contribution in [0.15, 0.2) is 12.1 Å². The number of hydrogen-bond donors (Lipinski definition) is 2. The van der Waals surface area contributed by atoms with Crippen LogP contribution in [-0.4, -0.2) is 17.0 Å². The molecule has 1 aromatic rings. The zero-order valence-corrected chi connectivity index (χ0v) is 8.97. The van der Waals surface area contributed by atoms with E-state index in [1.165, 1.54) is 0 Å². The first kappa shape index (κ1) is 12.4. The fraction of sp³-hybridized carbons (Fsp3) is 0.273. The summed E-state index contributed by atoms with van der Waals surface area (Å²) in [5.41, 5.74) is -2.15. The molecular weight excluding hydrogens is 251 g/mol. The Morgan fingerprint density at radius 2 is 1.78 bits per heavy atom. The van der Waals surface area contributed by atoms with Gasteiger partial charge >= 0.3 is 5.97 Å². The summed E-state index contributed by atoms with van der Waals surface area (Å²) < 4.78 is 38.8. The second-order valence-corrected chi connectivity index (χ2v) is 4.06. The lowest BCUT2D eigenvalue weighted by molar-refractivity contribution is -0.147. The standard InChI is InChI=1S/C11H8F3NO3/c12-5-1-2-6(8(14)7(5)13)15-9(16)11(3-4-11)10(17)18/h1-2H,3-4H2,(H,15,16)(H,17,18). The highest BCUT2D eigenvalue weighted by Crippen LogP contribution is 2.46. The first-order valence-corrected chi connectivity index (χ1v) is 5.07. The van der Waals surface area contributed by atoms with Crippen molar-refractivity contribution in [1.29, 1.82) is 0 Å². The van der Waals surface area contributed by atoms with Crippen molar-refractivity contribution >= 4 is 17.6 Å². The molecule has 0 aliphatic heterocycles. The van der Waals surface area contributed by atoms with Crippen LogP contribution in [0, 0.1) is 22.9 Å². The van der Waals surface area contributed by atoms with Crippen molar-refractivity contribution in [3.8, 4) is 0 Å². The first-order valence-electron chi connectivity index (χ1n) is 5.07. The highest BCUT2D eigenvalue weighted by molar-refractivity contribution is 6.10. The van der Waals surface area contributed by atoms with Crippen LogP contribution in [0.1, 0.15) is 12.8 Å². The van der Waals surface area contributed by atoms with E-state index in [1.54, 1.807) is 0 Å². The minimum absolute atomic E-state index is 0.138. The largest absolute Gasteiger partial charge is 0.480 e. The van der Waals surface area contributed by atoms with Gasteiger partial charge in [-0.1, -0.05) is 0 Å². The van der Waals surface area contributed by atoms with E-state index in [9.17, 15) is 22.8 Å². The normalized spacial score (nSPS) is 16.2. The molecule has 1 saturated carbocycles. The Labute approximate surface area is 99.4 Å².